The number of aryl methyl sites for hydroxylation is 1. The fourth-order valence-corrected chi connectivity index (χ4v) is 1.52. The third-order valence-electron chi connectivity index (χ3n) is 2.27. The molecule has 0 radical (unpaired) electrons. The summed E-state index contributed by atoms with van der Waals surface area (Å²) in [6.45, 7) is 0. The van der Waals surface area contributed by atoms with E-state index in [0.717, 1.165) is 22.8 Å². The highest BCUT2D eigenvalue weighted by atomic mass is 16.4. The molecule has 0 unspecified atom stereocenters. The van der Waals surface area contributed by atoms with E-state index in [-0.39, 0.29) is 0 Å². The maximum Gasteiger partial charge on any atom is 0.328 e. The van der Waals surface area contributed by atoms with Crippen LogP contribution in [-0.2, 0) is 11.8 Å². The van der Waals surface area contributed by atoms with Crippen LogP contribution in [-0.4, -0.2) is 25.8 Å². The average molecular weight is 229 g/mol. The molecule has 0 amide bonds. The Labute approximate surface area is 98.0 Å². The molecule has 0 spiro atoms. The molecule has 2 aromatic rings. The van der Waals surface area contributed by atoms with Crippen LogP contribution < -0.4 is 0 Å². The second kappa shape index (κ2) is 4.61. The van der Waals surface area contributed by atoms with Gasteiger partial charge < -0.3 is 5.11 Å². The summed E-state index contributed by atoms with van der Waals surface area (Å²) < 4.78 is 1.69. The molecule has 2 rings (SSSR count). The second-order valence-electron chi connectivity index (χ2n) is 3.54. The van der Waals surface area contributed by atoms with Gasteiger partial charge in [-0.15, -0.1) is 0 Å². The molecule has 2 aromatic heterocycles. The Balaban J connectivity index is 2.44. The zero-order valence-corrected chi connectivity index (χ0v) is 9.24. The molecule has 0 saturated carbocycles. The van der Waals surface area contributed by atoms with E-state index in [9.17, 15) is 4.79 Å². The topological polar surface area (TPSA) is 68.0 Å². The molecule has 0 aliphatic rings. The van der Waals surface area contributed by atoms with Gasteiger partial charge in [0.25, 0.3) is 0 Å². The summed E-state index contributed by atoms with van der Waals surface area (Å²) in [7, 11) is 1.83. The highest BCUT2D eigenvalue weighted by molar-refractivity contribution is 5.87. The Bertz CT molecular complexity index is 573. The predicted molar refractivity (Wildman–Crippen MR) is 63.1 cm³/mol. The quantitative estimate of drug-likeness (QED) is 0.811. The summed E-state index contributed by atoms with van der Waals surface area (Å²) in [5.74, 6) is -0.981. The van der Waals surface area contributed by atoms with E-state index < -0.39 is 5.97 Å². The summed E-state index contributed by atoms with van der Waals surface area (Å²) >= 11 is 0. The minimum absolute atomic E-state index is 0.753. The van der Waals surface area contributed by atoms with Crippen LogP contribution in [0.15, 0.2) is 36.9 Å². The third kappa shape index (κ3) is 2.57. The van der Waals surface area contributed by atoms with Crippen LogP contribution in [0, 0.1) is 0 Å². The molecule has 0 aliphatic carbocycles. The van der Waals surface area contributed by atoms with Crippen molar-refractivity contribution < 1.29 is 9.90 Å². The summed E-state index contributed by atoms with van der Waals surface area (Å²) in [5, 5.41) is 12.7. The number of nitrogens with zero attached hydrogens (tertiary/aromatic N) is 3. The van der Waals surface area contributed by atoms with Gasteiger partial charge in [0, 0.05) is 42.8 Å². The van der Waals surface area contributed by atoms with Gasteiger partial charge in [0.05, 0.1) is 6.20 Å². The fourth-order valence-electron chi connectivity index (χ4n) is 1.52. The molecule has 0 aromatic carbocycles. The van der Waals surface area contributed by atoms with Crippen molar-refractivity contribution in [3.63, 3.8) is 0 Å². The number of rotatable bonds is 3. The van der Waals surface area contributed by atoms with Crippen LogP contribution in [0.25, 0.3) is 17.2 Å². The van der Waals surface area contributed by atoms with Crippen molar-refractivity contribution in [1.29, 1.82) is 0 Å². The van der Waals surface area contributed by atoms with Crippen molar-refractivity contribution in [3.05, 3.63) is 42.5 Å². The lowest BCUT2D eigenvalue weighted by molar-refractivity contribution is -0.131. The molecular formula is C12H11N3O2. The van der Waals surface area contributed by atoms with E-state index in [4.69, 9.17) is 5.11 Å². The Morgan fingerprint density at radius 1 is 1.47 bits per heavy atom. The Morgan fingerprint density at radius 2 is 2.29 bits per heavy atom. The molecule has 0 aliphatic heterocycles. The molecule has 0 bridgehead atoms. The van der Waals surface area contributed by atoms with Gasteiger partial charge in [-0.3, -0.25) is 9.67 Å². The predicted octanol–water partition coefficient (Wildman–Crippen LogP) is 1.58. The number of hydrogen-bond acceptors (Lipinski definition) is 3. The maximum atomic E-state index is 10.5. The maximum absolute atomic E-state index is 10.5. The van der Waals surface area contributed by atoms with E-state index in [0.29, 0.717) is 0 Å². The van der Waals surface area contributed by atoms with Crippen molar-refractivity contribution in [2.24, 2.45) is 7.05 Å². The van der Waals surface area contributed by atoms with E-state index in [1.807, 2.05) is 19.3 Å². The number of pyridine rings is 1. The number of aromatic nitrogens is 3. The van der Waals surface area contributed by atoms with E-state index in [2.05, 4.69) is 10.1 Å². The summed E-state index contributed by atoms with van der Waals surface area (Å²) in [6.07, 6.45) is 9.51. The average Bonchev–Trinajstić information content (AvgIpc) is 2.73. The highest BCUT2D eigenvalue weighted by Gasteiger charge is 2.04. The first-order valence-electron chi connectivity index (χ1n) is 5.01. The molecular weight excluding hydrogens is 218 g/mol. The van der Waals surface area contributed by atoms with Crippen molar-refractivity contribution in [1.82, 2.24) is 14.8 Å². The van der Waals surface area contributed by atoms with Gasteiger partial charge in [-0.1, -0.05) is 0 Å². The number of aliphatic carboxylic acids is 1. The van der Waals surface area contributed by atoms with Crippen LogP contribution >= 0.6 is 0 Å². The molecule has 5 heteroatoms. The number of carbonyl (C=O) groups is 1. The molecule has 5 nitrogen and oxygen atoms in total. The first-order valence-corrected chi connectivity index (χ1v) is 5.01. The van der Waals surface area contributed by atoms with Crippen LogP contribution in [0.4, 0.5) is 0 Å². The van der Waals surface area contributed by atoms with Crippen LogP contribution in [0.3, 0.4) is 0 Å². The van der Waals surface area contributed by atoms with Crippen molar-refractivity contribution in [3.8, 4) is 11.1 Å². The van der Waals surface area contributed by atoms with Gasteiger partial charge in [-0.05, 0) is 17.7 Å². The normalized spacial score (nSPS) is 10.9. The Kier molecular flexibility index (Phi) is 3.00. The molecule has 1 N–H and O–H groups in total. The highest BCUT2D eigenvalue weighted by Crippen LogP contribution is 2.22. The largest absolute Gasteiger partial charge is 0.478 e. The van der Waals surface area contributed by atoms with Gasteiger partial charge in [0.2, 0.25) is 0 Å². The van der Waals surface area contributed by atoms with Crippen molar-refractivity contribution >= 4 is 12.0 Å². The van der Waals surface area contributed by atoms with E-state index >= 15 is 0 Å². The molecule has 0 fully saturated rings. The molecule has 0 atom stereocenters. The molecule has 0 saturated heterocycles. The minimum atomic E-state index is -0.981. The van der Waals surface area contributed by atoms with Crippen molar-refractivity contribution in [2.75, 3.05) is 0 Å². The lowest BCUT2D eigenvalue weighted by Gasteiger charge is -2.01. The van der Waals surface area contributed by atoms with Crippen LogP contribution in [0.5, 0.6) is 0 Å². The minimum Gasteiger partial charge on any atom is -0.478 e. The van der Waals surface area contributed by atoms with Gasteiger partial charge in [0.15, 0.2) is 0 Å². The first kappa shape index (κ1) is 11.1. The lowest BCUT2D eigenvalue weighted by atomic mass is 10.1. The SMILES string of the molecule is Cn1cc(-c2ccncc2/C=C/C(=O)O)cn1. The van der Waals surface area contributed by atoms with Crippen molar-refractivity contribution in [2.45, 2.75) is 0 Å². The summed E-state index contributed by atoms with van der Waals surface area (Å²) in [6, 6.07) is 1.83. The number of carboxylic acids is 1. The summed E-state index contributed by atoms with van der Waals surface area (Å²) in [4.78, 5) is 14.5. The monoisotopic (exact) mass is 229 g/mol. The summed E-state index contributed by atoms with van der Waals surface area (Å²) in [5.41, 5.74) is 2.59. The van der Waals surface area contributed by atoms with E-state index in [1.54, 1.807) is 23.3 Å². The van der Waals surface area contributed by atoms with Gasteiger partial charge in [-0.25, -0.2) is 4.79 Å². The number of hydrogen-bond donors (Lipinski definition) is 1. The Hall–Kier alpha value is -2.43. The first-order chi connectivity index (χ1) is 8.16. The third-order valence-corrected chi connectivity index (χ3v) is 2.27. The molecule has 17 heavy (non-hydrogen) atoms. The smallest absolute Gasteiger partial charge is 0.328 e. The van der Waals surface area contributed by atoms with Gasteiger partial charge in [0.1, 0.15) is 0 Å². The second-order valence-corrected chi connectivity index (χ2v) is 3.54. The lowest BCUT2D eigenvalue weighted by Crippen LogP contribution is -1.88. The number of carboxylic acid groups (broad SMARTS) is 1. The zero-order valence-electron chi connectivity index (χ0n) is 9.24. The van der Waals surface area contributed by atoms with E-state index in [1.165, 1.54) is 6.08 Å². The fraction of sp³-hybridized carbons (Fsp3) is 0.0833. The van der Waals surface area contributed by atoms with Crippen LogP contribution in [0.2, 0.25) is 0 Å². The standard InChI is InChI=1S/C12H11N3O2/c1-15-8-10(7-14-15)11-4-5-13-6-9(11)2-3-12(16)17/h2-8H,1H3,(H,16,17)/b3-2+. The molecule has 2 heterocycles. The molecule has 86 valence electrons. The zero-order chi connectivity index (χ0) is 12.3. The van der Waals surface area contributed by atoms with Gasteiger partial charge >= 0.3 is 5.97 Å². The Morgan fingerprint density at radius 3 is 2.94 bits per heavy atom. The van der Waals surface area contributed by atoms with Crippen LogP contribution in [0.1, 0.15) is 5.56 Å². The van der Waals surface area contributed by atoms with Gasteiger partial charge in [-0.2, -0.15) is 5.10 Å².